The molecule has 0 N–H and O–H groups in total. The third-order valence-corrected chi connectivity index (χ3v) is 12.4. The van der Waals surface area contributed by atoms with Crippen LogP contribution in [0.25, 0.3) is 11.1 Å². The molecule has 0 bridgehead atoms. The fourth-order valence-corrected chi connectivity index (χ4v) is 11.3. The number of hydrogen-bond donors (Lipinski definition) is 0. The van der Waals surface area contributed by atoms with Crippen molar-refractivity contribution in [3.05, 3.63) is 42.2 Å². The van der Waals surface area contributed by atoms with Gasteiger partial charge in [0.25, 0.3) is 0 Å². The highest BCUT2D eigenvalue weighted by Crippen LogP contribution is 2.43. The minimum Gasteiger partial charge on any atom is -0.497 e. The number of benzene rings is 1. The molecule has 0 saturated heterocycles. The Bertz CT molecular complexity index is 646. The topological polar surface area (TPSA) is 14.2 Å². The van der Waals surface area contributed by atoms with Crippen LogP contribution in [0, 0.1) is 6.92 Å². The average Bonchev–Trinajstić information content (AvgIpc) is 2.88. The smallest absolute Gasteiger partial charge is 0.168 e. The molecule has 3 heteroatoms. The Kier molecular flexibility index (Phi) is 5.64. The van der Waals surface area contributed by atoms with E-state index in [-0.39, 0.29) is 0 Å². The molecular formula is C21H33NOSi. The molecule has 0 saturated carbocycles. The molecule has 0 aliphatic heterocycles. The van der Waals surface area contributed by atoms with E-state index >= 15 is 0 Å². The number of hydrogen-bond acceptors (Lipinski definition) is 1. The van der Waals surface area contributed by atoms with Crippen LogP contribution in [0.3, 0.4) is 0 Å². The van der Waals surface area contributed by atoms with E-state index in [9.17, 15) is 0 Å². The molecule has 0 fully saturated rings. The molecule has 2 aromatic rings. The molecule has 0 spiro atoms. The molecule has 24 heavy (non-hydrogen) atoms. The first-order valence-electron chi connectivity index (χ1n) is 9.08. The summed E-state index contributed by atoms with van der Waals surface area (Å²) in [5.41, 5.74) is 6.08. The fraction of sp³-hybridized carbons (Fsp3) is 0.524. The van der Waals surface area contributed by atoms with E-state index in [0.717, 1.165) is 5.75 Å². The predicted molar refractivity (Wildman–Crippen MR) is 108 cm³/mol. The molecule has 2 nitrogen and oxygen atoms in total. The average molecular weight is 344 g/mol. The normalized spacial score (nSPS) is 12.5. The number of aromatic nitrogens is 1. The van der Waals surface area contributed by atoms with Gasteiger partial charge in [0.1, 0.15) is 5.75 Å². The molecular weight excluding hydrogens is 310 g/mol. The van der Waals surface area contributed by atoms with E-state index in [1.807, 2.05) is 12.1 Å². The number of nitrogens with zero attached hydrogens (tertiary/aromatic N) is 1. The number of methoxy groups -OCH3 is 1. The highest BCUT2D eigenvalue weighted by molar-refractivity contribution is 6.82. The number of aryl methyl sites for hydroxylation is 1. The van der Waals surface area contributed by atoms with Gasteiger partial charge in [0.15, 0.2) is 8.24 Å². The highest BCUT2D eigenvalue weighted by atomic mass is 28.3. The Morgan fingerprint density at radius 2 is 1.33 bits per heavy atom. The Morgan fingerprint density at radius 3 is 1.75 bits per heavy atom. The summed E-state index contributed by atoms with van der Waals surface area (Å²) < 4.78 is 7.92. The molecule has 0 aliphatic rings. The van der Waals surface area contributed by atoms with Gasteiger partial charge in [-0.25, -0.2) is 0 Å². The first kappa shape index (κ1) is 18.8. The monoisotopic (exact) mass is 343 g/mol. The molecule has 1 heterocycles. The van der Waals surface area contributed by atoms with Crippen molar-refractivity contribution < 1.29 is 4.74 Å². The molecule has 0 aliphatic carbocycles. The summed E-state index contributed by atoms with van der Waals surface area (Å²) in [5, 5.41) is 0. The lowest BCUT2D eigenvalue weighted by Crippen LogP contribution is -2.51. The second kappa shape index (κ2) is 7.18. The molecule has 132 valence electrons. The summed E-state index contributed by atoms with van der Waals surface area (Å²) in [6.45, 7) is 16.7. The summed E-state index contributed by atoms with van der Waals surface area (Å²) in [5.74, 6) is 0.908. The van der Waals surface area contributed by atoms with E-state index in [1.165, 1.54) is 16.7 Å². The van der Waals surface area contributed by atoms with Crippen LogP contribution in [0.1, 0.15) is 47.1 Å². The molecule has 2 rings (SSSR count). The van der Waals surface area contributed by atoms with Crippen molar-refractivity contribution in [3.63, 3.8) is 0 Å². The van der Waals surface area contributed by atoms with Gasteiger partial charge in [0.05, 0.1) is 7.11 Å². The maximum atomic E-state index is 5.29. The summed E-state index contributed by atoms with van der Waals surface area (Å²) in [4.78, 5) is 0. The maximum absolute atomic E-state index is 5.29. The standard InChI is InChI=1S/C21H33NOSi/c1-15(2)24(16(3)4,17(5)6)22-13-18(7)21(14-22)19-9-11-20(23-8)12-10-19/h9-17H,1-8H3. The van der Waals surface area contributed by atoms with Gasteiger partial charge >= 0.3 is 0 Å². The number of rotatable bonds is 6. The predicted octanol–water partition coefficient (Wildman–Crippen LogP) is 6.50. The van der Waals surface area contributed by atoms with Gasteiger partial charge in [-0.3, -0.25) is 0 Å². The Morgan fingerprint density at radius 1 is 0.833 bits per heavy atom. The molecule has 0 radical (unpaired) electrons. The lowest BCUT2D eigenvalue weighted by Gasteiger charge is -2.44. The van der Waals surface area contributed by atoms with Gasteiger partial charge in [0.2, 0.25) is 0 Å². The Balaban J connectivity index is 2.56. The second-order valence-electron chi connectivity index (χ2n) is 7.84. The summed E-state index contributed by atoms with van der Waals surface area (Å²) in [6, 6.07) is 8.41. The van der Waals surface area contributed by atoms with Gasteiger partial charge in [-0.1, -0.05) is 53.7 Å². The molecule has 0 amide bonds. The van der Waals surface area contributed by atoms with Gasteiger partial charge in [-0.15, -0.1) is 0 Å². The largest absolute Gasteiger partial charge is 0.497 e. The third kappa shape index (κ3) is 3.06. The Hall–Kier alpha value is -1.48. The summed E-state index contributed by atoms with van der Waals surface area (Å²) in [7, 11) is 0.0399. The van der Waals surface area contributed by atoms with Crippen LogP contribution in [0.15, 0.2) is 36.7 Å². The van der Waals surface area contributed by atoms with Gasteiger partial charge in [-0.2, -0.15) is 0 Å². The van der Waals surface area contributed by atoms with Crippen molar-refractivity contribution in [1.82, 2.24) is 4.23 Å². The van der Waals surface area contributed by atoms with E-state index in [4.69, 9.17) is 4.74 Å². The maximum Gasteiger partial charge on any atom is 0.168 e. The van der Waals surface area contributed by atoms with Crippen LogP contribution in [0.2, 0.25) is 16.6 Å². The van der Waals surface area contributed by atoms with Crippen molar-refractivity contribution >= 4 is 8.24 Å². The molecule has 1 aromatic carbocycles. The van der Waals surface area contributed by atoms with Crippen molar-refractivity contribution in [2.24, 2.45) is 0 Å². The minimum atomic E-state index is -1.67. The fourth-order valence-electron chi connectivity index (χ4n) is 4.75. The molecule has 0 atom stereocenters. The van der Waals surface area contributed by atoms with Crippen LogP contribution in [-0.4, -0.2) is 19.6 Å². The van der Waals surface area contributed by atoms with Crippen LogP contribution in [-0.2, 0) is 0 Å². The SMILES string of the molecule is COc1ccc(-c2cn([Si](C(C)C)(C(C)C)C(C)C)cc2C)cc1. The van der Waals surface area contributed by atoms with Crippen molar-refractivity contribution in [2.45, 2.75) is 65.1 Å². The zero-order valence-corrected chi connectivity index (χ0v) is 17.6. The van der Waals surface area contributed by atoms with Crippen LogP contribution in [0.4, 0.5) is 0 Å². The van der Waals surface area contributed by atoms with Gasteiger partial charge < -0.3 is 8.97 Å². The lowest BCUT2D eigenvalue weighted by molar-refractivity contribution is 0.415. The first-order chi connectivity index (χ1) is 11.2. The lowest BCUT2D eigenvalue weighted by atomic mass is 10.1. The third-order valence-electron chi connectivity index (χ3n) is 5.65. The molecule has 0 unspecified atom stereocenters. The molecule has 1 aromatic heterocycles. The zero-order chi connectivity index (χ0) is 18.1. The summed E-state index contributed by atoms with van der Waals surface area (Å²) >= 11 is 0. The van der Waals surface area contributed by atoms with Gasteiger partial charge in [0, 0.05) is 11.8 Å². The quantitative estimate of drug-likeness (QED) is 0.546. The van der Waals surface area contributed by atoms with E-state index in [0.29, 0.717) is 16.6 Å². The zero-order valence-electron chi connectivity index (χ0n) is 16.6. The minimum absolute atomic E-state index is 0.702. The second-order valence-corrected chi connectivity index (χ2v) is 13.6. The van der Waals surface area contributed by atoms with Crippen molar-refractivity contribution in [3.8, 4) is 16.9 Å². The van der Waals surface area contributed by atoms with Gasteiger partial charge in [-0.05, 0) is 53.0 Å². The van der Waals surface area contributed by atoms with E-state index < -0.39 is 8.24 Å². The van der Waals surface area contributed by atoms with Crippen LogP contribution < -0.4 is 4.74 Å². The highest BCUT2D eigenvalue weighted by Gasteiger charge is 2.45. The van der Waals surface area contributed by atoms with Crippen LogP contribution >= 0.6 is 0 Å². The van der Waals surface area contributed by atoms with E-state index in [1.54, 1.807) is 7.11 Å². The Labute approximate surface area is 148 Å². The number of ether oxygens (including phenoxy) is 1. The first-order valence-corrected chi connectivity index (χ1v) is 11.3. The van der Waals surface area contributed by atoms with E-state index in [2.05, 4.69) is 77.2 Å². The van der Waals surface area contributed by atoms with Crippen LogP contribution in [0.5, 0.6) is 5.75 Å². The van der Waals surface area contributed by atoms with Crippen molar-refractivity contribution in [2.75, 3.05) is 7.11 Å². The van der Waals surface area contributed by atoms with Crippen molar-refractivity contribution in [1.29, 1.82) is 0 Å². The summed E-state index contributed by atoms with van der Waals surface area (Å²) in [6.07, 6.45) is 4.80.